The zero-order valence-corrected chi connectivity index (χ0v) is 20.0. The first-order chi connectivity index (χ1) is 15.7. The molecule has 1 aromatic carbocycles. The lowest BCUT2D eigenvalue weighted by molar-refractivity contribution is 0.0897. The predicted octanol–water partition coefficient (Wildman–Crippen LogP) is 1.98. The molecule has 1 saturated heterocycles. The Morgan fingerprint density at radius 3 is 2.82 bits per heavy atom. The average molecular weight is 481 g/mol. The van der Waals surface area contributed by atoms with Crippen LogP contribution in [0.1, 0.15) is 48.2 Å². The molecule has 2 heterocycles. The molecule has 8 nitrogen and oxygen atoms in total. The molecule has 10 heteroatoms. The molecule has 33 heavy (non-hydrogen) atoms. The maximum atomic E-state index is 14.1. The van der Waals surface area contributed by atoms with Crippen molar-refractivity contribution in [2.24, 2.45) is 0 Å². The number of rotatable bonds is 7. The van der Waals surface area contributed by atoms with Crippen molar-refractivity contribution in [3.05, 3.63) is 35.3 Å². The fraction of sp³-hybridized carbons (Fsp3) is 0.609. The lowest BCUT2D eigenvalue weighted by Crippen LogP contribution is -2.47. The molecule has 0 radical (unpaired) electrons. The van der Waals surface area contributed by atoms with Gasteiger partial charge in [-0.15, -0.1) is 0 Å². The minimum absolute atomic E-state index is 0.0103. The van der Waals surface area contributed by atoms with Crippen LogP contribution in [-0.2, 0) is 10.0 Å². The number of sulfonamides is 1. The van der Waals surface area contributed by atoms with Gasteiger partial charge in [-0.2, -0.15) is 4.31 Å². The van der Waals surface area contributed by atoms with Crippen LogP contribution in [0.25, 0.3) is 10.9 Å². The van der Waals surface area contributed by atoms with E-state index in [9.17, 15) is 22.7 Å². The van der Waals surface area contributed by atoms with Crippen LogP contribution in [-0.4, -0.2) is 84.2 Å². The lowest BCUT2D eigenvalue weighted by atomic mass is 9.90. The van der Waals surface area contributed by atoms with E-state index in [4.69, 9.17) is 0 Å². The highest BCUT2D eigenvalue weighted by molar-refractivity contribution is 7.88. The van der Waals surface area contributed by atoms with Crippen molar-refractivity contribution in [1.82, 2.24) is 19.5 Å². The van der Waals surface area contributed by atoms with Gasteiger partial charge in [-0.25, -0.2) is 12.8 Å². The number of nitrogens with one attached hydrogen (secondary N) is 2. The third-order valence-electron chi connectivity index (χ3n) is 7.04. The van der Waals surface area contributed by atoms with Crippen LogP contribution >= 0.6 is 0 Å². The predicted molar refractivity (Wildman–Crippen MR) is 125 cm³/mol. The Kier molecular flexibility index (Phi) is 7.09. The van der Waals surface area contributed by atoms with Gasteiger partial charge in [0, 0.05) is 43.1 Å². The number of hydrogen-bond donors (Lipinski definition) is 3. The summed E-state index contributed by atoms with van der Waals surface area (Å²) < 4.78 is 39.8. The maximum Gasteiger partial charge on any atom is 0.267 e. The van der Waals surface area contributed by atoms with E-state index in [2.05, 4.69) is 15.2 Å². The summed E-state index contributed by atoms with van der Waals surface area (Å²) in [5.41, 5.74) is 1.88. The van der Waals surface area contributed by atoms with Crippen molar-refractivity contribution in [2.45, 2.75) is 57.2 Å². The van der Waals surface area contributed by atoms with Gasteiger partial charge >= 0.3 is 0 Å². The van der Waals surface area contributed by atoms with Gasteiger partial charge in [0.15, 0.2) is 0 Å². The van der Waals surface area contributed by atoms with Crippen molar-refractivity contribution in [3.8, 4) is 0 Å². The number of benzene rings is 1. The summed E-state index contributed by atoms with van der Waals surface area (Å²) in [4.78, 5) is 18.3. The number of hydrogen-bond acceptors (Lipinski definition) is 5. The third kappa shape index (κ3) is 5.24. The molecule has 2 fully saturated rings. The van der Waals surface area contributed by atoms with Gasteiger partial charge in [0.25, 0.3) is 5.91 Å². The van der Waals surface area contributed by atoms with Crippen LogP contribution in [0, 0.1) is 12.7 Å². The molecule has 1 aliphatic carbocycles. The van der Waals surface area contributed by atoms with Gasteiger partial charge in [0.2, 0.25) is 10.0 Å². The molecule has 3 atom stereocenters. The highest BCUT2D eigenvalue weighted by Gasteiger charge is 2.37. The normalized spacial score (nSPS) is 24.6. The number of aliphatic hydroxyl groups excluding tert-OH is 1. The molecule has 182 valence electrons. The van der Waals surface area contributed by atoms with E-state index in [0.717, 1.165) is 44.2 Å². The van der Waals surface area contributed by atoms with Gasteiger partial charge < -0.3 is 15.4 Å². The quantitative estimate of drug-likeness (QED) is 0.562. The highest BCUT2D eigenvalue weighted by Crippen LogP contribution is 2.29. The second-order valence-electron chi connectivity index (χ2n) is 9.36. The molecular formula is C23H33FN4O4S. The van der Waals surface area contributed by atoms with E-state index in [1.54, 1.807) is 12.1 Å². The highest BCUT2D eigenvalue weighted by atomic mass is 32.2. The number of aromatic amines is 1. The van der Waals surface area contributed by atoms with Gasteiger partial charge in [-0.05, 0) is 56.7 Å². The molecule has 0 unspecified atom stereocenters. The Morgan fingerprint density at radius 1 is 1.33 bits per heavy atom. The van der Waals surface area contributed by atoms with Crippen molar-refractivity contribution in [2.75, 3.05) is 32.5 Å². The number of aryl methyl sites for hydroxylation is 1. The van der Waals surface area contributed by atoms with Gasteiger partial charge in [0.05, 0.1) is 18.4 Å². The summed E-state index contributed by atoms with van der Waals surface area (Å²) in [6, 6.07) is 4.82. The van der Waals surface area contributed by atoms with E-state index in [-0.39, 0.29) is 43.0 Å². The number of amides is 1. The van der Waals surface area contributed by atoms with Crippen LogP contribution < -0.4 is 5.32 Å². The minimum atomic E-state index is -3.38. The molecule has 1 amide bonds. The first-order valence-corrected chi connectivity index (χ1v) is 13.4. The van der Waals surface area contributed by atoms with Gasteiger partial charge in [-0.3, -0.25) is 9.69 Å². The molecule has 2 aliphatic rings. The summed E-state index contributed by atoms with van der Waals surface area (Å²) >= 11 is 0. The van der Waals surface area contributed by atoms with Gasteiger partial charge in [-0.1, -0.05) is 6.07 Å². The summed E-state index contributed by atoms with van der Waals surface area (Å²) in [5, 5.41) is 12.8. The van der Waals surface area contributed by atoms with Crippen LogP contribution in [0.4, 0.5) is 4.39 Å². The molecule has 1 aromatic heterocycles. The van der Waals surface area contributed by atoms with Crippen molar-refractivity contribution < 1.29 is 22.7 Å². The number of carbonyl (C=O) groups excluding carboxylic acids is 1. The average Bonchev–Trinajstić information content (AvgIpc) is 3.42. The number of nitrogens with zero attached hydrogens (tertiary/aromatic N) is 2. The monoisotopic (exact) mass is 480 g/mol. The Morgan fingerprint density at radius 2 is 2.12 bits per heavy atom. The summed E-state index contributed by atoms with van der Waals surface area (Å²) in [6.07, 6.45) is 5.59. The van der Waals surface area contributed by atoms with E-state index < -0.39 is 10.0 Å². The van der Waals surface area contributed by atoms with Crippen molar-refractivity contribution in [3.63, 3.8) is 0 Å². The standard InChI is InChI=1S/C23H33FN4O4S/c1-15-6-7-20(24)19-13-21(26-22(15)19)23(30)25-16-4-3-5-17(12-16)27-9-8-18(14-27)28(10-11-29)33(2,31)32/h6-7,13,16-18,26,29H,3-5,8-12,14H2,1-2H3,(H,25,30)/t16-,17-,18-/m1/s1. The van der Waals surface area contributed by atoms with E-state index in [1.165, 1.54) is 16.6 Å². The first kappa shape index (κ1) is 24.1. The first-order valence-electron chi connectivity index (χ1n) is 11.6. The molecule has 0 bridgehead atoms. The minimum Gasteiger partial charge on any atom is -0.395 e. The number of H-pyrrole nitrogens is 1. The van der Waals surface area contributed by atoms with Crippen LogP contribution in [0.15, 0.2) is 18.2 Å². The molecule has 0 spiro atoms. The van der Waals surface area contributed by atoms with Crippen molar-refractivity contribution in [1.29, 1.82) is 0 Å². The fourth-order valence-electron chi connectivity index (χ4n) is 5.39. The molecular weight excluding hydrogens is 447 g/mol. The van der Waals surface area contributed by atoms with E-state index in [1.807, 2.05) is 6.92 Å². The van der Waals surface area contributed by atoms with Gasteiger partial charge in [0.1, 0.15) is 11.5 Å². The number of aromatic nitrogens is 1. The third-order valence-corrected chi connectivity index (χ3v) is 8.37. The summed E-state index contributed by atoms with van der Waals surface area (Å²) in [7, 11) is -3.38. The van der Waals surface area contributed by atoms with Crippen molar-refractivity contribution >= 4 is 26.8 Å². The molecule has 2 aromatic rings. The number of aliphatic hydroxyl groups is 1. The molecule has 1 saturated carbocycles. The number of halogens is 1. The van der Waals surface area contributed by atoms with Crippen LogP contribution in [0.2, 0.25) is 0 Å². The van der Waals surface area contributed by atoms with E-state index >= 15 is 0 Å². The SMILES string of the molecule is Cc1ccc(F)c2cc(C(=O)N[C@@H]3CCC[C@@H](N4CC[C@@H](N(CCO)S(C)(=O)=O)C4)C3)[nH]c12. The number of fused-ring (bicyclic) bond motifs is 1. The van der Waals surface area contributed by atoms with Crippen LogP contribution in [0.5, 0.6) is 0 Å². The Labute approximate surface area is 194 Å². The Hall–Kier alpha value is -2.01. The topological polar surface area (TPSA) is 106 Å². The second-order valence-corrected chi connectivity index (χ2v) is 11.3. The number of likely N-dealkylation sites (tertiary alicyclic amines) is 1. The summed E-state index contributed by atoms with van der Waals surface area (Å²) in [6.45, 7) is 3.23. The zero-order valence-electron chi connectivity index (χ0n) is 19.2. The molecule has 4 rings (SSSR count). The molecule has 1 aliphatic heterocycles. The maximum absolute atomic E-state index is 14.1. The Balaban J connectivity index is 1.39. The van der Waals surface area contributed by atoms with Crippen LogP contribution in [0.3, 0.4) is 0 Å². The fourth-order valence-corrected chi connectivity index (χ4v) is 6.52. The van der Waals surface area contributed by atoms with E-state index in [0.29, 0.717) is 23.1 Å². The summed E-state index contributed by atoms with van der Waals surface area (Å²) in [5.74, 6) is -0.585. The smallest absolute Gasteiger partial charge is 0.267 e. The Bertz CT molecular complexity index is 1080. The molecule has 3 N–H and O–H groups in total. The lowest BCUT2D eigenvalue weighted by Gasteiger charge is -2.36. The number of carbonyl (C=O) groups is 1. The second kappa shape index (κ2) is 9.69. The largest absolute Gasteiger partial charge is 0.395 e. The zero-order chi connectivity index (χ0) is 23.8.